The topological polar surface area (TPSA) is 351 Å². The molecule has 6 fully saturated rings. The number of aliphatic hydroxyl groups excluding tert-OH is 14. The summed E-state index contributed by atoms with van der Waals surface area (Å²) in [5.74, 6) is -1.23. The maximum atomic E-state index is 11.2. The van der Waals surface area contributed by atoms with E-state index < -0.39 is 167 Å². The van der Waals surface area contributed by atoms with Crippen LogP contribution in [0.15, 0.2) is 0 Å². The molecule has 0 bridgehead atoms. The van der Waals surface area contributed by atoms with Gasteiger partial charge in [-0.25, -0.2) is 0 Å². The highest BCUT2D eigenvalue weighted by Gasteiger charge is 2.58. The van der Waals surface area contributed by atoms with Crippen LogP contribution in [-0.2, 0) is 28.4 Å². The van der Waals surface area contributed by atoms with Crippen molar-refractivity contribution >= 4 is 0 Å². The second-order valence-electron chi connectivity index (χ2n) is 15.2. The molecule has 2 saturated carbocycles. The first-order chi connectivity index (χ1) is 25.1. The predicted molar refractivity (Wildman–Crippen MR) is 168 cm³/mol. The van der Waals surface area contributed by atoms with Crippen molar-refractivity contribution in [2.45, 2.75) is 167 Å². The summed E-state index contributed by atoms with van der Waals surface area (Å²) < 4.78 is 40.2. The summed E-state index contributed by atoms with van der Waals surface area (Å²) in [5.41, 5.74) is 0. The molecular formula is C32H55O21+. The Bertz CT molecular complexity index is 1160. The maximum Gasteiger partial charge on any atom is 0.187 e. The Morgan fingerprint density at radius 2 is 1.09 bits per heavy atom. The molecule has 0 spiro atoms. The van der Waals surface area contributed by atoms with E-state index in [0.717, 1.165) is 0 Å². The number of hydrogen-bond acceptors (Lipinski definition) is 20. The van der Waals surface area contributed by atoms with Gasteiger partial charge in [0, 0.05) is 18.8 Å². The number of fused-ring (bicyclic) bond motifs is 1. The van der Waals surface area contributed by atoms with E-state index in [1.165, 1.54) is 0 Å². The third-order valence-corrected chi connectivity index (χ3v) is 11.6. The molecule has 53 heavy (non-hydrogen) atoms. The molecule has 0 aromatic rings. The maximum absolute atomic E-state index is 11.2. The molecule has 22 unspecified atom stereocenters. The molecule has 308 valence electrons. The van der Waals surface area contributed by atoms with Crippen LogP contribution >= 0.6 is 0 Å². The number of aliphatic hydroxyl groups is 16. The Morgan fingerprint density at radius 3 is 1.74 bits per heavy atom. The lowest BCUT2D eigenvalue weighted by Crippen LogP contribution is -2.65. The molecule has 0 amide bonds. The number of rotatable bonds is 9. The first kappa shape index (κ1) is 41.8. The van der Waals surface area contributed by atoms with Crippen molar-refractivity contribution in [1.29, 1.82) is 0 Å². The van der Waals surface area contributed by atoms with Crippen molar-refractivity contribution in [2.75, 3.05) is 19.8 Å². The molecule has 4 saturated heterocycles. The Hall–Kier alpha value is -0.840. The summed E-state index contributed by atoms with van der Waals surface area (Å²) in [4.78, 5) is 0. The van der Waals surface area contributed by atoms with Gasteiger partial charge in [-0.1, -0.05) is 0 Å². The van der Waals surface area contributed by atoms with Crippen LogP contribution in [0.5, 0.6) is 0 Å². The third-order valence-electron chi connectivity index (χ3n) is 11.6. The van der Waals surface area contributed by atoms with E-state index in [1.54, 1.807) is 0 Å². The Labute approximate surface area is 303 Å². The van der Waals surface area contributed by atoms with Crippen molar-refractivity contribution in [3.8, 4) is 0 Å². The van der Waals surface area contributed by atoms with Gasteiger partial charge in [0.15, 0.2) is 31.1 Å². The van der Waals surface area contributed by atoms with E-state index in [9.17, 15) is 71.5 Å². The SMILES string of the molecule is OCC1OC(OC2CC(O)CC3[OH+]C(C4CC(O)C(O)C(O)C4)C(OC4OC(CO)C(O)C(O)C4OC4OCC(O)C(O)C4O)CC23)C(O)C(O)C1O. The van der Waals surface area contributed by atoms with Crippen LogP contribution in [0, 0.1) is 11.8 Å². The molecule has 15 N–H and O–H groups in total. The van der Waals surface area contributed by atoms with Gasteiger partial charge in [-0.05, 0) is 19.3 Å². The zero-order chi connectivity index (χ0) is 38.5. The predicted octanol–water partition coefficient (Wildman–Crippen LogP) is -8.25. The van der Waals surface area contributed by atoms with Crippen molar-refractivity contribution in [1.82, 2.24) is 0 Å². The summed E-state index contributed by atoms with van der Waals surface area (Å²) in [5, 5.41) is 146. The summed E-state index contributed by atoms with van der Waals surface area (Å²) in [6.07, 6.45) is -31.1. The van der Waals surface area contributed by atoms with Gasteiger partial charge in [-0.2, -0.15) is 0 Å². The molecule has 0 radical (unpaired) electrons. The minimum Gasteiger partial charge on any atom is -0.427 e. The minimum absolute atomic E-state index is 0.00435. The van der Waals surface area contributed by atoms with Gasteiger partial charge in [0.1, 0.15) is 79.4 Å². The molecule has 6 rings (SSSR count). The van der Waals surface area contributed by atoms with E-state index in [1.807, 2.05) is 0 Å². The van der Waals surface area contributed by atoms with Crippen LogP contribution in [0.25, 0.3) is 0 Å². The van der Waals surface area contributed by atoms with Crippen molar-refractivity contribution in [3.63, 3.8) is 0 Å². The first-order valence-corrected chi connectivity index (χ1v) is 18.1. The quantitative estimate of drug-likeness (QED) is 0.0967. The van der Waals surface area contributed by atoms with E-state index in [2.05, 4.69) is 0 Å². The molecule has 4 aliphatic heterocycles. The average molecular weight is 776 g/mol. The molecule has 0 aromatic heterocycles. The second kappa shape index (κ2) is 17.3. The average Bonchev–Trinajstić information content (AvgIpc) is 3.13. The summed E-state index contributed by atoms with van der Waals surface area (Å²) in [6, 6.07) is 0. The lowest BCUT2D eigenvalue weighted by Gasteiger charge is -2.51. The van der Waals surface area contributed by atoms with Crippen LogP contribution in [-0.4, -0.2) is 231 Å². The lowest BCUT2D eigenvalue weighted by molar-refractivity contribution is -0.385. The number of ether oxygens (including phenoxy) is 7. The van der Waals surface area contributed by atoms with Gasteiger partial charge in [0.05, 0.1) is 50.2 Å². The zero-order valence-corrected chi connectivity index (χ0v) is 28.7. The largest absolute Gasteiger partial charge is 0.427 e. The summed E-state index contributed by atoms with van der Waals surface area (Å²) in [7, 11) is 0. The molecule has 0 aromatic carbocycles. The van der Waals surface area contributed by atoms with Crippen molar-refractivity contribution < 1.29 is 105 Å². The van der Waals surface area contributed by atoms with E-state index in [0.29, 0.717) is 0 Å². The highest BCUT2D eigenvalue weighted by Crippen LogP contribution is 2.44. The van der Waals surface area contributed by atoms with E-state index in [4.69, 9.17) is 33.2 Å². The fraction of sp³-hybridized carbons (Fsp3) is 1.00. The normalized spacial score (nSPS) is 55.4. The van der Waals surface area contributed by atoms with Crippen molar-refractivity contribution in [3.05, 3.63) is 0 Å². The first-order valence-electron chi connectivity index (χ1n) is 18.1. The highest BCUT2D eigenvalue weighted by atomic mass is 16.8. The molecule has 2 aliphatic carbocycles. The van der Waals surface area contributed by atoms with E-state index >= 15 is 0 Å². The summed E-state index contributed by atoms with van der Waals surface area (Å²) >= 11 is 0. The van der Waals surface area contributed by atoms with Gasteiger partial charge >= 0.3 is 0 Å². The molecule has 6 aliphatic rings. The zero-order valence-electron chi connectivity index (χ0n) is 28.7. The standard InChI is InChI=1S/C32H54O21/c33-6-18-22(41)24(43)27(46)31(51-18)49-16-4-10(35)3-15-11(16)5-17(28(48-15)9-1-12(36)20(39)13(37)2-9)50-32-29(25(44)23(42)19(7-34)52-32)53-30-26(45)21(40)14(38)8-47-30/h9-46H,1-8H2/p+1. The molecule has 22 atom stereocenters. The Kier molecular flexibility index (Phi) is 13.7. The highest BCUT2D eigenvalue weighted by molar-refractivity contribution is 5.01. The van der Waals surface area contributed by atoms with Gasteiger partial charge in [-0.15, -0.1) is 0 Å². The van der Waals surface area contributed by atoms with Crippen LogP contribution in [0.4, 0.5) is 0 Å². The fourth-order valence-electron chi connectivity index (χ4n) is 8.58. The second-order valence-corrected chi connectivity index (χ2v) is 15.2. The van der Waals surface area contributed by atoms with Crippen LogP contribution < -0.4 is 0 Å². The van der Waals surface area contributed by atoms with E-state index in [-0.39, 0.29) is 32.1 Å². The molecule has 21 nitrogen and oxygen atoms in total. The van der Waals surface area contributed by atoms with Gasteiger partial charge in [0.2, 0.25) is 0 Å². The molecular weight excluding hydrogens is 720 g/mol. The smallest absolute Gasteiger partial charge is 0.187 e. The molecule has 21 heteroatoms. The lowest BCUT2D eigenvalue weighted by atomic mass is 9.72. The van der Waals surface area contributed by atoms with Crippen LogP contribution in [0.1, 0.15) is 32.1 Å². The summed E-state index contributed by atoms with van der Waals surface area (Å²) in [6.45, 7) is -1.92. The Morgan fingerprint density at radius 1 is 0.509 bits per heavy atom. The molecule has 4 heterocycles. The monoisotopic (exact) mass is 775 g/mol. The van der Waals surface area contributed by atoms with Gasteiger partial charge in [0.25, 0.3) is 0 Å². The third kappa shape index (κ3) is 8.56. The van der Waals surface area contributed by atoms with Gasteiger partial charge < -0.3 is 105 Å². The minimum atomic E-state index is -1.82. The van der Waals surface area contributed by atoms with Crippen LogP contribution in [0.3, 0.4) is 0 Å². The Balaban J connectivity index is 1.29. The fourth-order valence-corrected chi connectivity index (χ4v) is 8.58. The van der Waals surface area contributed by atoms with Gasteiger partial charge in [-0.3, -0.25) is 0 Å². The number of hydrogen-bond donors (Lipinski definition) is 14. The van der Waals surface area contributed by atoms with Crippen LogP contribution in [0.2, 0.25) is 0 Å². The van der Waals surface area contributed by atoms with Crippen molar-refractivity contribution in [2.24, 2.45) is 11.8 Å².